The second-order valence-electron chi connectivity index (χ2n) is 6.14. The summed E-state index contributed by atoms with van der Waals surface area (Å²) in [7, 11) is 0. The molecule has 2 aromatic carbocycles. The molecule has 1 aliphatic rings. The van der Waals surface area contributed by atoms with Crippen LogP contribution in [-0.4, -0.2) is 17.4 Å². The fourth-order valence-corrected chi connectivity index (χ4v) is 3.85. The Labute approximate surface area is 147 Å². The van der Waals surface area contributed by atoms with Crippen LogP contribution >= 0.6 is 15.9 Å². The van der Waals surface area contributed by atoms with Crippen LogP contribution in [0.2, 0.25) is 0 Å². The molecule has 1 saturated heterocycles. The maximum Gasteiger partial charge on any atom is 0.234 e. The fraction of sp³-hybridized carbons (Fsp3) is 0.211. The molecule has 1 atom stereocenters. The number of carbonyl (C=O) groups is 1. The van der Waals surface area contributed by atoms with Gasteiger partial charge in [-0.05, 0) is 59.1 Å². The Balaban J connectivity index is 1.72. The molecule has 1 unspecified atom stereocenters. The first-order valence-corrected chi connectivity index (χ1v) is 8.69. The summed E-state index contributed by atoms with van der Waals surface area (Å²) in [4.78, 5) is 18.0. The zero-order valence-corrected chi connectivity index (χ0v) is 14.7. The van der Waals surface area contributed by atoms with E-state index in [0.29, 0.717) is 16.7 Å². The van der Waals surface area contributed by atoms with Crippen LogP contribution in [0.5, 0.6) is 0 Å². The summed E-state index contributed by atoms with van der Waals surface area (Å²) in [5.41, 5.74) is 3.75. The number of aryl methyl sites for hydroxylation is 1. The predicted molar refractivity (Wildman–Crippen MR) is 96.8 cm³/mol. The predicted octanol–water partition coefficient (Wildman–Crippen LogP) is 4.90. The summed E-state index contributed by atoms with van der Waals surface area (Å²) in [5, 5.41) is 1.09. The van der Waals surface area contributed by atoms with Crippen LogP contribution in [0.25, 0.3) is 10.9 Å². The Morgan fingerprint density at radius 3 is 2.83 bits per heavy atom. The average molecular weight is 387 g/mol. The maximum absolute atomic E-state index is 13.8. The third kappa shape index (κ3) is 2.35. The van der Waals surface area contributed by atoms with Gasteiger partial charge in [0.05, 0.1) is 10.4 Å². The monoisotopic (exact) mass is 386 g/mol. The molecule has 24 heavy (non-hydrogen) atoms. The number of aromatic amines is 1. The molecule has 0 radical (unpaired) electrons. The van der Waals surface area contributed by atoms with Crippen molar-refractivity contribution in [1.29, 1.82) is 0 Å². The molecule has 0 spiro atoms. The molecule has 3 aromatic rings. The van der Waals surface area contributed by atoms with E-state index >= 15 is 0 Å². The number of hydrogen-bond acceptors (Lipinski definition) is 1. The lowest BCUT2D eigenvalue weighted by Crippen LogP contribution is -2.26. The lowest BCUT2D eigenvalue weighted by Gasteiger charge is -2.17. The summed E-state index contributed by atoms with van der Waals surface area (Å²) in [6.07, 6.45) is 0.735. The number of para-hydroxylation sites is 1. The topological polar surface area (TPSA) is 36.1 Å². The van der Waals surface area contributed by atoms with E-state index in [4.69, 9.17) is 0 Å². The first-order chi connectivity index (χ1) is 11.6. The van der Waals surface area contributed by atoms with Gasteiger partial charge in [0.15, 0.2) is 0 Å². The van der Waals surface area contributed by atoms with Gasteiger partial charge in [0.1, 0.15) is 5.82 Å². The van der Waals surface area contributed by atoms with E-state index in [9.17, 15) is 9.18 Å². The molecule has 1 fully saturated rings. The molecule has 1 aromatic heterocycles. The Morgan fingerprint density at radius 1 is 1.25 bits per heavy atom. The smallest absolute Gasteiger partial charge is 0.234 e. The van der Waals surface area contributed by atoms with Gasteiger partial charge in [-0.2, -0.15) is 0 Å². The van der Waals surface area contributed by atoms with Crippen molar-refractivity contribution in [3.8, 4) is 0 Å². The number of nitrogens with one attached hydrogen (secondary N) is 1. The minimum atomic E-state index is -0.355. The normalized spacial score (nSPS) is 17.9. The molecule has 0 saturated carbocycles. The van der Waals surface area contributed by atoms with Gasteiger partial charge >= 0.3 is 0 Å². The van der Waals surface area contributed by atoms with Crippen LogP contribution in [0, 0.1) is 12.7 Å². The van der Waals surface area contributed by atoms with Crippen LogP contribution in [0.4, 0.5) is 10.1 Å². The van der Waals surface area contributed by atoms with E-state index in [1.54, 1.807) is 17.0 Å². The minimum Gasteiger partial charge on any atom is -0.358 e. The van der Waals surface area contributed by atoms with Crippen molar-refractivity contribution in [1.82, 2.24) is 4.98 Å². The quantitative estimate of drug-likeness (QED) is 0.667. The molecule has 122 valence electrons. The molecule has 2 heterocycles. The van der Waals surface area contributed by atoms with Crippen molar-refractivity contribution in [2.45, 2.75) is 19.3 Å². The lowest BCUT2D eigenvalue weighted by atomic mass is 9.95. The molecule has 1 N–H and O–H groups in total. The number of aromatic nitrogens is 1. The lowest BCUT2D eigenvalue weighted by molar-refractivity contribution is -0.118. The SMILES string of the molecule is Cc1[nH]c2ccccc2c1C1CCN(c2ccc(Br)c(F)c2)C1=O. The zero-order valence-electron chi connectivity index (χ0n) is 13.1. The molecule has 1 amide bonds. The van der Waals surface area contributed by atoms with E-state index in [1.165, 1.54) is 6.07 Å². The molecular formula is C19H16BrFN2O. The number of carbonyl (C=O) groups excluding carboxylic acids is 1. The number of hydrogen-bond donors (Lipinski definition) is 1. The van der Waals surface area contributed by atoms with Gasteiger partial charge in [-0.15, -0.1) is 0 Å². The van der Waals surface area contributed by atoms with Crippen molar-refractivity contribution in [2.75, 3.05) is 11.4 Å². The number of anilines is 1. The van der Waals surface area contributed by atoms with Gasteiger partial charge in [0.2, 0.25) is 5.91 Å². The summed E-state index contributed by atoms with van der Waals surface area (Å²) in [6.45, 7) is 2.61. The van der Waals surface area contributed by atoms with Crippen LogP contribution < -0.4 is 4.90 Å². The Kier molecular flexibility index (Phi) is 3.68. The Hall–Kier alpha value is -2.14. The van der Waals surface area contributed by atoms with Gasteiger partial charge in [0, 0.05) is 28.8 Å². The van der Waals surface area contributed by atoms with Crippen LogP contribution in [0.3, 0.4) is 0 Å². The average Bonchev–Trinajstić information content (AvgIpc) is 3.09. The summed E-state index contributed by atoms with van der Waals surface area (Å²) in [5.74, 6) is -0.510. The zero-order chi connectivity index (χ0) is 16.8. The van der Waals surface area contributed by atoms with Gasteiger partial charge in [-0.1, -0.05) is 18.2 Å². The van der Waals surface area contributed by atoms with Crippen molar-refractivity contribution in [2.24, 2.45) is 0 Å². The number of rotatable bonds is 2. The van der Waals surface area contributed by atoms with Crippen LogP contribution in [-0.2, 0) is 4.79 Å². The van der Waals surface area contributed by atoms with Crippen molar-refractivity contribution in [3.05, 3.63) is 64.0 Å². The Morgan fingerprint density at radius 2 is 2.04 bits per heavy atom. The number of amides is 1. The maximum atomic E-state index is 13.8. The first kappa shape index (κ1) is 15.4. The number of nitrogens with zero attached hydrogens (tertiary/aromatic N) is 1. The molecule has 0 aliphatic carbocycles. The second kappa shape index (κ2) is 5.74. The van der Waals surface area contributed by atoms with Crippen LogP contribution in [0.1, 0.15) is 23.6 Å². The number of halogens is 2. The Bertz CT molecular complexity index is 950. The van der Waals surface area contributed by atoms with Crippen LogP contribution in [0.15, 0.2) is 46.9 Å². The van der Waals surface area contributed by atoms with Gasteiger partial charge < -0.3 is 9.88 Å². The summed E-state index contributed by atoms with van der Waals surface area (Å²) >= 11 is 3.15. The number of H-pyrrole nitrogens is 1. The molecule has 4 rings (SSSR count). The highest BCUT2D eigenvalue weighted by Gasteiger charge is 2.36. The van der Waals surface area contributed by atoms with Crippen molar-refractivity contribution < 1.29 is 9.18 Å². The van der Waals surface area contributed by atoms with Crippen molar-refractivity contribution in [3.63, 3.8) is 0 Å². The molecule has 1 aliphatic heterocycles. The first-order valence-electron chi connectivity index (χ1n) is 7.90. The highest BCUT2D eigenvalue weighted by molar-refractivity contribution is 9.10. The van der Waals surface area contributed by atoms with E-state index < -0.39 is 0 Å². The fourth-order valence-electron chi connectivity index (χ4n) is 3.60. The van der Waals surface area contributed by atoms with Gasteiger partial charge in [-0.25, -0.2) is 4.39 Å². The minimum absolute atomic E-state index is 0.0320. The van der Waals surface area contributed by atoms with Crippen molar-refractivity contribution >= 4 is 38.4 Å². The van der Waals surface area contributed by atoms with Gasteiger partial charge in [0.25, 0.3) is 0 Å². The van der Waals surface area contributed by atoms with E-state index in [1.807, 2.05) is 31.2 Å². The van der Waals surface area contributed by atoms with E-state index in [-0.39, 0.29) is 17.6 Å². The second-order valence-corrected chi connectivity index (χ2v) is 6.99. The summed E-state index contributed by atoms with van der Waals surface area (Å²) in [6, 6.07) is 12.9. The highest BCUT2D eigenvalue weighted by atomic mass is 79.9. The largest absolute Gasteiger partial charge is 0.358 e. The van der Waals surface area contributed by atoms with E-state index in [0.717, 1.165) is 28.6 Å². The third-order valence-electron chi connectivity index (χ3n) is 4.71. The standard InChI is InChI=1S/C19H16BrFN2O/c1-11-18(13-4-2-3-5-17(13)22-11)14-8-9-23(19(14)24)12-6-7-15(20)16(21)10-12/h2-7,10,14,22H,8-9H2,1H3. The molecule has 5 heteroatoms. The molecular weight excluding hydrogens is 371 g/mol. The number of benzene rings is 2. The van der Waals surface area contributed by atoms with Gasteiger partial charge in [-0.3, -0.25) is 4.79 Å². The molecule has 3 nitrogen and oxygen atoms in total. The number of fused-ring (bicyclic) bond motifs is 1. The molecule has 0 bridgehead atoms. The third-order valence-corrected chi connectivity index (χ3v) is 5.36. The summed E-state index contributed by atoms with van der Waals surface area (Å²) < 4.78 is 14.2. The highest BCUT2D eigenvalue weighted by Crippen LogP contribution is 2.38. The van der Waals surface area contributed by atoms with E-state index in [2.05, 4.69) is 20.9 Å².